The van der Waals surface area contributed by atoms with E-state index in [0.29, 0.717) is 24.6 Å². The standard InChI is InChI=1S/C26H26FN7O/c1-2-3-13-26(14-12-21(27)18-34(26)35)25-28-15-16-33(25)17-19-8-10-20(11-9-19)22-6-4-5-7-23(22)24-29-31-32-30-24/h4-12,14-16,18,35H,2-3,13,17H2,1H3,(H,29,30,31,32). The van der Waals surface area contributed by atoms with Gasteiger partial charge in [-0.3, -0.25) is 5.21 Å². The highest BCUT2D eigenvalue weighted by molar-refractivity contribution is 5.80. The van der Waals surface area contributed by atoms with Crippen LogP contribution >= 0.6 is 0 Å². The predicted molar refractivity (Wildman–Crippen MR) is 130 cm³/mol. The lowest BCUT2D eigenvalue weighted by Crippen LogP contribution is -2.43. The summed E-state index contributed by atoms with van der Waals surface area (Å²) in [5.41, 5.74) is 3.15. The number of hydroxylamine groups is 2. The summed E-state index contributed by atoms with van der Waals surface area (Å²) in [6.07, 6.45) is 10.2. The number of aromatic amines is 1. The van der Waals surface area contributed by atoms with Crippen LogP contribution in [0.4, 0.5) is 4.39 Å². The molecule has 0 fully saturated rings. The van der Waals surface area contributed by atoms with E-state index in [1.54, 1.807) is 12.3 Å². The van der Waals surface area contributed by atoms with Crippen molar-refractivity contribution in [3.63, 3.8) is 0 Å². The molecule has 0 spiro atoms. The summed E-state index contributed by atoms with van der Waals surface area (Å²) in [6, 6.07) is 16.2. The molecule has 3 heterocycles. The van der Waals surface area contributed by atoms with Crippen LogP contribution in [0.2, 0.25) is 0 Å². The van der Waals surface area contributed by atoms with Crippen molar-refractivity contribution in [3.05, 3.63) is 96.5 Å². The van der Waals surface area contributed by atoms with E-state index in [9.17, 15) is 9.60 Å². The number of aromatic nitrogens is 6. The van der Waals surface area contributed by atoms with Crippen LogP contribution in [0.25, 0.3) is 22.5 Å². The lowest BCUT2D eigenvalue weighted by Gasteiger charge is -2.38. The summed E-state index contributed by atoms with van der Waals surface area (Å²) in [6.45, 7) is 2.65. The Morgan fingerprint density at radius 1 is 1.09 bits per heavy atom. The number of rotatable bonds is 8. The fourth-order valence-corrected chi connectivity index (χ4v) is 4.52. The molecule has 9 heteroatoms. The van der Waals surface area contributed by atoms with E-state index in [4.69, 9.17) is 0 Å². The fourth-order valence-electron chi connectivity index (χ4n) is 4.52. The molecule has 0 radical (unpaired) electrons. The molecule has 0 saturated heterocycles. The first-order valence-corrected chi connectivity index (χ1v) is 11.6. The van der Waals surface area contributed by atoms with Gasteiger partial charge in [0.05, 0.1) is 6.20 Å². The fraction of sp³-hybridized carbons (Fsp3) is 0.231. The van der Waals surface area contributed by atoms with E-state index in [1.807, 2.05) is 35.0 Å². The Morgan fingerprint density at radius 2 is 1.89 bits per heavy atom. The number of benzene rings is 2. The molecule has 1 aliphatic heterocycles. The molecule has 0 amide bonds. The molecule has 1 atom stereocenters. The second kappa shape index (κ2) is 9.63. The monoisotopic (exact) mass is 471 g/mol. The third-order valence-electron chi connectivity index (χ3n) is 6.33. The number of nitrogens with one attached hydrogen (secondary N) is 1. The highest BCUT2D eigenvalue weighted by Gasteiger charge is 2.40. The van der Waals surface area contributed by atoms with Crippen LogP contribution in [-0.4, -0.2) is 40.4 Å². The average molecular weight is 472 g/mol. The molecule has 0 aliphatic carbocycles. The first-order chi connectivity index (χ1) is 17.1. The minimum absolute atomic E-state index is 0.491. The van der Waals surface area contributed by atoms with Crippen molar-refractivity contribution in [3.8, 4) is 22.5 Å². The van der Waals surface area contributed by atoms with Crippen LogP contribution in [0.3, 0.4) is 0 Å². The van der Waals surface area contributed by atoms with Gasteiger partial charge in [0.25, 0.3) is 0 Å². The molecule has 178 valence electrons. The minimum Gasteiger partial charge on any atom is -0.328 e. The lowest BCUT2D eigenvalue weighted by atomic mass is 9.88. The van der Waals surface area contributed by atoms with E-state index in [1.165, 1.54) is 6.08 Å². The second-order valence-electron chi connectivity index (χ2n) is 8.59. The Hall–Kier alpha value is -4.11. The molecule has 8 nitrogen and oxygen atoms in total. The second-order valence-corrected chi connectivity index (χ2v) is 8.59. The van der Waals surface area contributed by atoms with Crippen LogP contribution < -0.4 is 0 Å². The van der Waals surface area contributed by atoms with Crippen LogP contribution in [0, 0.1) is 0 Å². The number of tetrazole rings is 1. The maximum atomic E-state index is 13.8. The molecule has 1 aliphatic rings. The van der Waals surface area contributed by atoms with E-state index >= 15 is 0 Å². The van der Waals surface area contributed by atoms with Crippen molar-refractivity contribution in [2.45, 2.75) is 38.3 Å². The number of allylic oxidation sites excluding steroid dienone is 2. The molecule has 5 rings (SSSR count). The molecule has 2 aromatic carbocycles. The summed E-state index contributed by atoms with van der Waals surface area (Å²) in [5, 5.41) is 25.9. The maximum Gasteiger partial charge on any atom is 0.180 e. The quantitative estimate of drug-likeness (QED) is 0.365. The highest BCUT2D eigenvalue weighted by Crippen LogP contribution is 2.37. The largest absolute Gasteiger partial charge is 0.328 e. The van der Waals surface area contributed by atoms with Gasteiger partial charge in [0.15, 0.2) is 5.82 Å². The Labute approximate surface area is 202 Å². The van der Waals surface area contributed by atoms with Gasteiger partial charge in [-0.2, -0.15) is 0 Å². The van der Waals surface area contributed by atoms with Crippen molar-refractivity contribution in [1.82, 2.24) is 35.2 Å². The Bertz CT molecular complexity index is 1340. The molecule has 0 saturated carbocycles. The third kappa shape index (κ3) is 4.38. The van der Waals surface area contributed by atoms with E-state index in [-0.39, 0.29) is 0 Å². The van der Waals surface area contributed by atoms with Crippen molar-refractivity contribution in [1.29, 1.82) is 0 Å². The van der Waals surface area contributed by atoms with Crippen molar-refractivity contribution in [2.75, 3.05) is 0 Å². The van der Waals surface area contributed by atoms with Crippen molar-refractivity contribution in [2.24, 2.45) is 0 Å². The van der Waals surface area contributed by atoms with Gasteiger partial charge in [0.2, 0.25) is 0 Å². The van der Waals surface area contributed by atoms with E-state index in [2.05, 4.69) is 56.8 Å². The third-order valence-corrected chi connectivity index (χ3v) is 6.33. The summed E-state index contributed by atoms with van der Waals surface area (Å²) >= 11 is 0. The Balaban J connectivity index is 1.43. The van der Waals surface area contributed by atoms with Gasteiger partial charge in [-0.1, -0.05) is 68.3 Å². The molecule has 0 bridgehead atoms. The zero-order valence-corrected chi connectivity index (χ0v) is 19.3. The molecular weight excluding hydrogens is 445 g/mol. The van der Waals surface area contributed by atoms with Crippen LogP contribution in [0.5, 0.6) is 0 Å². The zero-order valence-electron chi connectivity index (χ0n) is 19.3. The molecular formula is C26H26FN7O. The van der Waals surface area contributed by atoms with Crippen LogP contribution in [0.1, 0.15) is 37.6 Å². The number of hydrogen-bond donors (Lipinski definition) is 2. The van der Waals surface area contributed by atoms with Gasteiger partial charge in [0.1, 0.15) is 17.2 Å². The number of hydrogen-bond acceptors (Lipinski definition) is 6. The molecule has 35 heavy (non-hydrogen) atoms. The minimum atomic E-state index is -0.918. The average Bonchev–Trinajstić information content (AvgIpc) is 3.58. The number of H-pyrrole nitrogens is 1. The summed E-state index contributed by atoms with van der Waals surface area (Å²) in [7, 11) is 0. The number of nitrogens with zero attached hydrogens (tertiary/aromatic N) is 6. The van der Waals surface area contributed by atoms with Gasteiger partial charge >= 0.3 is 0 Å². The molecule has 2 N–H and O–H groups in total. The molecule has 2 aromatic heterocycles. The van der Waals surface area contributed by atoms with Crippen molar-refractivity contribution >= 4 is 0 Å². The van der Waals surface area contributed by atoms with Gasteiger partial charge in [-0.15, -0.1) is 5.10 Å². The maximum absolute atomic E-state index is 13.8. The molecule has 1 unspecified atom stereocenters. The van der Waals surface area contributed by atoms with Crippen molar-refractivity contribution < 1.29 is 9.60 Å². The number of unbranched alkanes of at least 4 members (excludes halogenated alkanes) is 1. The summed E-state index contributed by atoms with van der Waals surface area (Å²) < 4.78 is 15.8. The summed E-state index contributed by atoms with van der Waals surface area (Å²) in [4.78, 5) is 4.58. The first-order valence-electron chi connectivity index (χ1n) is 11.6. The summed E-state index contributed by atoms with van der Waals surface area (Å²) in [5.74, 6) is 0.792. The van der Waals surface area contributed by atoms with Crippen LogP contribution in [-0.2, 0) is 12.1 Å². The van der Waals surface area contributed by atoms with Gasteiger partial charge in [-0.25, -0.2) is 19.5 Å². The zero-order chi connectivity index (χ0) is 24.3. The first kappa shape index (κ1) is 22.7. The normalized spacial score (nSPS) is 17.6. The number of halogens is 1. The SMILES string of the molecule is CCCCC1(c2nccn2Cc2ccc(-c3ccccc3-c3nnn[nH]3)cc2)C=CC(F)=CN1O. The Kier molecular flexibility index (Phi) is 6.24. The lowest BCUT2D eigenvalue weighted by molar-refractivity contribution is -0.126. The van der Waals surface area contributed by atoms with Gasteiger partial charge in [-0.05, 0) is 45.7 Å². The topological polar surface area (TPSA) is 95.8 Å². The van der Waals surface area contributed by atoms with E-state index < -0.39 is 11.4 Å². The van der Waals surface area contributed by atoms with Gasteiger partial charge < -0.3 is 4.57 Å². The number of imidazole rings is 1. The van der Waals surface area contributed by atoms with E-state index in [0.717, 1.165) is 46.4 Å². The van der Waals surface area contributed by atoms with Gasteiger partial charge in [0, 0.05) is 24.5 Å². The Morgan fingerprint density at radius 3 is 2.60 bits per heavy atom. The predicted octanol–water partition coefficient (Wildman–Crippen LogP) is 5.24. The smallest absolute Gasteiger partial charge is 0.180 e. The molecule has 4 aromatic rings. The highest BCUT2D eigenvalue weighted by atomic mass is 19.1. The van der Waals surface area contributed by atoms with Crippen LogP contribution in [0.15, 0.2) is 85.1 Å².